The maximum absolute atomic E-state index is 12.0. The molecule has 0 bridgehead atoms. The first-order valence-corrected chi connectivity index (χ1v) is 29.3. The van der Waals surface area contributed by atoms with Crippen LogP contribution in [0.5, 0.6) is 0 Å². The zero-order valence-corrected chi connectivity index (χ0v) is 50.6. The van der Waals surface area contributed by atoms with Gasteiger partial charge in [-0.05, 0) is 79.1 Å². The van der Waals surface area contributed by atoms with Crippen LogP contribution in [0.15, 0.2) is 0 Å². The van der Waals surface area contributed by atoms with Gasteiger partial charge >= 0.3 is 5.97 Å². The minimum Gasteiger partial charge on any atom is -0.457 e. The number of carbonyl (C=O) groups excluding carboxylic acids is 2. The van der Waals surface area contributed by atoms with E-state index in [0.29, 0.717) is 31.4 Å². The number of methoxy groups -OCH3 is 2. The van der Waals surface area contributed by atoms with Crippen LogP contribution in [0.2, 0.25) is 0 Å². The molecule has 24 heteroatoms. The lowest BCUT2D eigenvalue weighted by molar-refractivity contribution is -0.161. The van der Waals surface area contributed by atoms with Crippen LogP contribution in [-0.4, -0.2) is 228 Å². The van der Waals surface area contributed by atoms with Crippen LogP contribution in [-0.2, 0) is 70.7 Å². The van der Waals surface area contributed by atoms with Gasteiger partial charge < -0.3 is 81.5 Å². The molecule has 4 fully saturated rings. The van der Waals surface area contributed by atoms with E-state index in [1.165, 1.54) is 7.05 Å². The van der Waals surface area contributed by atoms with Crippen LogP contribution in [0.1, 0.15) is 135 Å². The molecule has 4 heterocycles. The van der Waals surface area contributed by atoms with Crippen molar-refractivity contribution in [1.29, 1.82) is 0 Å². The SMILES string of the molecule is [B][C@@H]1O[C@H](CC)C(O)[C@@H]1O[C@H](C)[C@@H](C)OC.[B][C@@H]1O[C@H](CC)C(O)[C@@H]1O[C@H](C)[C@@H](C)OC.[B][C@@H]1O[C@H](CC)C(OC(=O)CCC(=O)NC)[C@@H]1O[C@H](C)C(C)C.[B][C@@H]1O[C@H](CC)C(OP(C)OCC[N+]#[C-])[C@@H]1O[C@H](C)C(C)C. The highest BCUT2D eigenvalue weighted by atomic mass is 31.2. The topological polar surface area (TPSA) is 211 Å². The zero-order valence-electron chi connectivity index (χ0n) is 49.7. The molecular weight excluding hydrogens is 1010 g/mol. The first kappa shape index (κ1) is 73.6. The van der Waals surface area contributed by atoms with E-state index >= 15 is 0 Å². The Balaban J connectivity index is 0.000000520. The Morgan fingerprint density at radius 1 is 0.571 bits per heavy atom. The number of carbonyl (C=O) groups is 2. The molecule has 77 heavy (non-hydrogen) atoms. The molecule has 0 aliphatic carbocycles. The van der Waals surface area contributed by atoms with Crippen molar-refractivity contribution < 1.29 is 81.0 Å². The second kappa shape index (κ2) is 38.4. The molecule has 4 saturated heterocycles. The predicted octanol–water partition coefficient (Wildman–Crippen LogP) is 5.06. The van der Waals surface area contributed by atoms with Gasteiger partial charge in [-0.15, -0.1) is 0 Å². The summed E-state index contributed by atoms with van der Waals surface area (Å²) in [5.41, 5.74) is 0. The van der Waals surface area contributed by atoms with Crippen molar-refractivity contribution >= 4 is 51.6 Å². The van der Waals surface area contributed by atoms with Crippen LogP contribution in [0, 0.1) is 18.4 Å². The van der Waals surface area contributed by atoms with Gasteiger partial charge in [-0.3, -0.25) is 9.59 Å². The molecule has 8 radical (unpaired) electrons. The van der Waals surface area contributed by atoms with Gasteiger partial charge in [0.15, 0.2) is 14.5 Å². The van der Waals surface area contributed by atoms with E-state index in [0.717, 1.165) is 19.3 Å². The van der Waals surface area contributed by atoms with Gasteiger partial charge in [0, 0.05) is 58.4 Å². The van der Waals surface area contributed by atoms with E-state index in [4.69, 9.17) is 99.1 Å². The molecule has 4 aliphatic heterocycles. The van der Waals surface area contributed by atoms with Crippen molar-refractivity contribution in [3.8, 4) is 0 Å². The lowest BCUT2D eigenvalue weighted by atomic mass is 9.92. The Kier molecular flexibility index (Phi) is 36.6. The minimum absolute atomic E-state index is 0.0221. The molecule has 438 valence electrons. The van der Waals surface area contributed by atoms with Crippen LogP contribution in [0.4, 0.5) is 0 Å². The smallest absolute Gasteiger partial charge is 0.306 e. The average Bonchev–Trinajstić information content (AvgIpc) is 4.06. The van der Waals surface area contributed by atoms with Crippen LogP contribution in [0.25, 0.3) is 4.85 Å². The molecule has 0 aromatic rings. The summed E-state index contributed by atoms with van der Waals surface area (Å²) < 4.78 is 73.1. The Morgan fingerprint density at radius 2 is 0.935 bits per heavy atom. The Bertz CT molecular complexity index is 1610. The van der Waals surface area contributed by atoms with E-state index in [-0.39, 0.29) is 92.0 Å². The first-order chi connectivity index (χ1) is 36.2. The highest BCUT2D eigenvalue weighted by Gasteiger charge is 2.47. The molecule has 19 nitrogen and oxygen atoms in total. The summed E-state index contributed by atoms with van der Waals surface area (Å²) in [7, 11) is 27.3. The standard InChI is InChI=1S/C16H28BNO5.C15H27BNO4P.2C11H21BO4/c1-6-11-14(23-13(20)8-7-12(19)18-5)15(16(17)22-11)21-10(4)9(2)3;1-7-12-13(21-22(6)18-9-8-17-5)14(15(16)20-12)19-11(4)10(2)3;2*1-5-8-9(13)10(11(12)16-8)15-7(3)6(2)14-4/h9-11,14-16H,6-8H2,1-5H3,(H,18,19);10-15H,7-9H2,1-4,6H3;2*6-11,13H,5H2,1-4H3/t10-,11-,14?,15+,16-;11-,12-,13?,14+,15-,22?;2*6-,7-,8-,9?,10+,11-/m1111/s1. The second-order valence-corrected chi connectivity index (χ2v) is 22.0. The second-order valence-electron chi connectivity index (χ2n) is 20.6. The zero-order chi connectivity index (χ0) is 58.9. The molecule has 4 aliphatic rings. The molecule has 0 spiro atoms. The van der Waals surface area contributed by atoms with E-state index in [9.17, 15) is 19.8 Å². The van der Waals surface area contributed by atoms with Crippen molar-refractivity contribution in [3.05, 3.63) is 11.4 Å². The fourth-order valence-electron chi connectivity index (χ4n) is 8.15. The number of aliphatic hydroxyl groups excluding tert-OH is 2. The largest absolute Gasteiger partial charge is 0.457 e. The van der Waals surface area contributed by atoms with E-state index in [1.807, 2.05) is 89.7 Å². The molecule has 3 N–H and O–H groups in total. The number of aliphatic hydroxyl groups is 2. The highest BCUT2D eigenvalue weighted by Crippen LogP contribution is 2.41. The van der Waals surface area contributed by atoms with Gasteiger partial charge in [-0.1, -0.05) is 55.4 Å². The molecule has 1 amide bonds. The number of hydrogen-bond donors (Lipinski definition) is 3. The third-order valence-corrected chi connectivity index (χ3v) is 15.4. The fourth-order valence-corrected chi connectivity index (χ4v) is 9.15. The molecule has 0 aromatic carbocycles. The fraction of sp³-hybridized carbons (Fsp3) is 0.943. The molecule has 23 atom stereocenters. The number of amides is 1. The molecule has 0 aromatic heterocycles. The van der Waals surface area contributed by atoms with Crippen LogP contribution in [0.3, 0.4) is 0 Å². The monoisotopic (exact) mass is 1110 g/mol. The highest BCUT2D eigenvalue weighted by molar-refractivity contribution is 7.46. The lowest BCUT2D eigenvalue weighted by Gasteiger charge is -2.29. The van der Waals surface area contributed by atoms with Crippen LogP contribution >= 0.6 is 8.38 Å². The van der Waals surface area contributed by atoms with Gasteiger partial charge in [-0.25, -0.2) is 6.57 Å². The predicted molar refractivity (Wildman–Crippen MR) is 299 cm³/mol. The van der Waals surface area contributed by atoms with E-state index in [1.54, 1.807) is 14.2 Å². The molecule has 5 unspecified atom stereocenters. The normalized spacial score (nSPS) is 33.5. The number of esters is 1. The van der Waals surface area contributed by atoms with Crippen molar-refractivity contribution in [1.82, 2.24) is 5.32 Å². The average molecular weight is 1110 g/mol. The summed E-state index contributed by atoms with van der Waals surface area (Å²) in [6.07, 6.45) is -1.95. The van der Waals surface area contributed by atoms with Gasteiger partial charge in [0.2, 0.25) is 12.5 Å². The number of nitrogens with zero attached hydrogens (tertiary/aromatic N) is 1. The summed E-state index contributed by atoms with van der Waals surface area (Å²) in [5, 5.41) is 22.4. The van der Waals surface area contributed by atoms with Gasteiger partial charge in [-0.2, -0.15) is 0 Å². The third kappa shape index (κ3) is 24.5. The van der Waals surface area contributed by atoms with Gasteiger partial charge in [0.25, 0.3) is 0 Å². The van der Waals surface area contributed by atoms with E-state index < -0.39 is 75.0 Å². The molecule has 4 rings (SSSR count). The van der Waals surface area contributed by atoms with Crippen molar-refractivity contribution in [2.45, 2.75) is 269 Å². The maximum atomic E-state index is 12.0. The summed E-state index contributed by atoms with van der Waals surface area (Å²) in [6.45, 7) is 37.2. The van der Waals surface area contributed by atoms with Crippen molar-refractivity contribution in [3.63, 3.8) is 0 Å². The summed E-state index contributed by atoms with van der Waals surface area (Å²) in [6, 6.07) is -2.24. The minimum atomic E-state index is -1.08. The number of ether oxygens (including phenoxy) is 11. The molecule has 0 saturated carbocycles. The number of hydrogen-bond acceptors (Lipinski definition) is 17. The quantitative estimate of drug-likeness (QED) is 0.0323. The summed E-state index contributed by atoms with van der Waals surface area (Å²) in [4.78, 5) is 26.5. The Morgan fingerprint density at radius 3 is 1.29 bits per heavy atom. The van der Waals surface area contributed by atoms with Crippen molar-refractivity contribution in [2.24, 2.45) is 11.8 Å². The Labute approximate surface area is 470 Å². The van der Waals surface area contributed by atoms with Crippen LogP contribution < -0.4 is 5.32 Å². The lowest BCUT2D eigenvalue weighted by Crippen LogP contribution is -2.42. The van der Waals surface area contributed by atoms with Gasteiger partial charge in [0.05, 0.1) is 67.5 Å². The number of rotatable bonds is 27. The van der Waals surface area contributed by atoms with Crippen molar-refractivity contribution in [2.75, 3.05) is 41.1 Å². The Hall–Kier alpha value is -1.44. The number of nitrogens with one attached hydrogen (secondary N) is 1. The van der Waals surface area contributed by atoms with Gasteiger partial charge in [0.1, 0.15) is 80.7 Å². The van der Waals surface area contributed by atoms with E-state index in [2.05, 4.69) is 24.0 Å². The first-order valence-electron chi connectivity index (χ1n) is 27.7. The summed E-state index contributed by atoms with van der Waals surface area (Å²) >= 11 is 0. The maximum Gasteiger partial charge on any atom is 0.306 e. The molecular formula is C53H97B4N2O17P. The summed E-state index contributed by atoms with van der Waals surface area (Å²) in [5.74, 6) is 0.0641. The third-order valence-electron chi connectivity index (χ3n) is 14.3.